The Morgan fingerprint density at radius 2 is 0.788 bits per heavy atom. The fourth-order valence-corrected chi connectivity index (χ4v) is 2.04. The van der Waals surface area contributed by atoms with Crippen molar-refractivity contribution in [2.24, 2.45) is 0 Å². The van der Waals surface area contributed by atoms with E-state index in [1.807, 2.05) is 14.1 Å². The molecule has 0 aromatic rings. The van der Waals surface area contributed by atoms with Gasteiger partial charge in [0, 0.05) is 6.42 Å². The van der Waals surface area contributed by atoms with Crippen LogP contribution in [0.3, 0.4) is 0 Å². The van der Waals surface area contributed by atoms with Gasteiger partial charge in [-0.1, -0.05) is 6.92 Å². The lowest BCUT2D eigenvalue weighted by molar-refractivity contribution is -0.449. The minimum atomic E-state index is -8.73. The second-order valence-electron chi connectivity index (χ2n) is 6.00. The fraction of sp³-hybridized carbons (Fsp3) is 1.00. The highest BCUT2D eigenvalue weighted by molar-refractivity contribution is 7.87. The largest absolute Gasteiger partial charge is 0.438 e. The molecule has 0 spiro atoms. The Hall–Kier alpha value is -1.25. The Bertz CT molecular complexity index is 780. The molecule has 0 amide bonds. The zero-order chi connectivity index (χ0) is 27.9. The first-order valence-corrected chi connectivity index (χ1v) is 8.99. The summed E-state index contributed by atoms with van der Waals surface area (Å²) in [6, 6.07) is 0. The standard InChI is InChI=1S/C10H6F16O3S.C2H7N/c1-2-3(11,12)4(13,14)5(15,16)6(17,18)7(19,20)8(21,22)9(23,24)10(25,26)30(27,28)29;1-3-2/h2H2,1H3,(H,27,28,29);3H,1-2H3. The van der Waals surface area contributed by atoms with Crippen LogP contribution in [0.15, 0.2) is 0 Å². The van der Waals surface area contributed by atoms with Gasteiger partial charge in [-0.2, -0.15) is 78.7 Å². The molecule has 202 valence electrons. The Kier molecular flexibility index (Phi) is 9.33. The summed E-state index contributed by atoms with van der Waals surface area (Å²) in [7, 11) is -4.09. The number of halogens is 16. The first-order valence-electron chi connectivity index (χ1n) is 7.55. The molecular formula is C12H13F16NO3S. The monoisotopic (exact) mass is 555 g/mol. The topological polar surface area (TPSA) is 66.4 Å². The molecule has 0 aromatic heterocycles. The van der Waals surface area contributed by atoms with Crippen molar-refractivity contribution < 1.29 is 83.2 Å². The molecule has 0 bridgehead atoms. The molecule has 0 unspecified atom stereocenters. The zero-order valence-electron chi connectivity index (χ0n) is 15.9. The van der Waals surface area contributed by atoms with Crippen LogP contribution in [0.5, 0.6) is 0 Å². The molecular weight excluding hydrogens is 542 g/mol. The van der Waals surface area contributed by atoms with E-state index in [1.54, 1.807) is 0 Å². The molecule has 4 nitrogen and oxygen atoms in total. The summed E-state index contributed by atoms with van der Waals surface area (Å²) in [5.41, 5.74) is 0. The Morgan fingerprint density at radius 1 is 0.576 bits per heavy atom. The van der Waals surface area contributed by atoms with Crippen LogP contribution in [0.1, 0.15) is 13.3 Å². The molecule has 0 saturated carbocycles. The van der Waals surface area contributed by atoms with E-state index in [4.69, 9.17) is 4.55 Å². The van der Waals surface area contributed by atoms with E-state index in [2.05, 4.69) is 5.32 Å². The highest BCUT2D eigenvalue weighted by Gasteiger charge is 2.95. The molecule has 0 rings (SSSR count). The molecule has 0 aliphatic heterocycles. The minimum absolute atomic E-state index is 0.101. The van der Waals surface area contributed by atoms with E-state index < -0.39 is 63.3 Å². The first kappa shape index (κ1) is 33.9. The Balaban J connectivity index is 0. The molecule has 0 aromatic carbocycles. The van der Waals surface area contributed by atoms with E-state index in [9.17, 15) is 78.7 Å². The van der Waals surface area contributed by atoms with Gasteiger partial charge in [-0.15, -0.1) is 0 Å². The summed E-state index contributed by atoms with van der Waals surface area (Å²) in [5, 5.41) is -5.02. The zero-order valence-corrected chi connectivity index (χ0v) is 16.7. The normalized spacial score (nSPS) is 15.8. The van der Waals surface area contributed by atoms with Gasteiger partial charge in [0.15, 0.2) is 0 Å². The molecule has 0 radical (unpaired) electrons. The maximum atomic E-state index is 13.3. The van der Waals surface area contributed by atoms with Crippen molar-refractivity contribution in [3.63, 3.8) is 0 Å². The van der Waals surface area contributed by atoms with Crippen LogP contribution in [0.25, 0.3) is 0 Å². The average Bonchev–Trinajstić information content (AvgIpc) is 2.60. The summed E-state index contributed by atoms with van der Waals surface area (Å²) < 4.78 is 237. The molecule has 0 atom stereocenters. The molecule has 0 aliphatic rings. The Morgan fingerprint density at radius 3 is 1.00 bits per heavy atom. The minimum Gasteiger partial charge on any atom is -0.323 e. The van der Waals surface area contributed by atoms with Crippen LogP contribution in [0.2, 0.25) is 0 Å². The fourth-order valence-electron chi connectivity index (χ4n) is 1.59. The number of hydrogen-bond acceptors (Lipinski definition) is 3. The highest BCUT2D eigenvalue weighted by Crippen LogP contribution is 2.64. The van der Waals surface area contributed by atoms with Gasteiger partial charge in [-0.05, 0) is 14.1 Å². The van der Waals surface area contributed by atoms with Gasteiger partial charge in [-0.3, -0.25) is 4.55 Å². The summed E-state index contributed by atoms with van der Waals surface area (Å²) in [6.07, 6.45) is -2.51. The van der Waals surface area contributed by atoms with E-state index in [0.29, 0.717) is 0 Å². The van der Waals surface area contributed by atoms with Gasteiger partial charge < -0.3 is 5.32 Å². The molecule has 33 heavy (non-hydrogen) atoms. The van der Waals surface area contributed by atoms with Gasteiger partial charge in [0.2, 0.25) is 0 Å². The van der Waals surface area contributed by atoms with Gasteiger partial charge in [0.1, 0.15) is 0 Å². The quantitative estimate of drug-likeness (QED) is 0.305. The number of alkyl halides is 16. The van der Waals surface area contributed by atoms with E-state index in [0.717, 1.165) is 0 Å². The third-order valence-corrected chi connectivity index (χ3v) is 4.47. The molecule has 0 saturated heterocycles. The van der Waals surface area contributed by atoms with Gasteiger partial charge in [0.05, 0.1) is 0 Å². The number of hydrogen-bond donors (Lipinski definition) is 2. The third-order valence-electron chi connectivity index (χ3n) is 3.56. The van der Waals surface area contributed by atoms with Crippen molar-refractivity contribution in [3.05, 3.63) is 0 Å². The van der Waals surface area contributed by atoms with Crippen LogP contribution >= 0.6 is 0 Å². The summed E-state index contributed by atoms with van der Waals surface area (Å²) in [5.74, 6) is -56.6. The van der Waals surface area contributed by atoms with Crippen LogP contribution < -0.4 is 5.32 Å². The van der Waals surface area contributed by atoms with Crippen molar-refractivity contribution in [2.75, 3.05) is 14.1 Å². The molecule has 0 aliphatic carbocycles. The van der Waals surface area contributed by atoms with Crippen LogP contribution in [0, 0.1) is 0 Å². The van der Waals surface area contributed by atoms with Gasteiger partial charge in [-0.25, -0.2) is 0 Å². The second-order valence-corrected chi connectivity index (χ2v) is 7.46. The van der Waals surface area contributed by atoms with Crippen molar-refractivity contribution in [1.29, 1.82) is 0 Å². The van der Waals surface area contributed by atoms with E-state index in [-0.39, 0.29) is 6.92 Å². The molecule has 2 N–H and O–H groups in total. The highest BCUT2D eigenvalue weighted by atomic mass is 32.2. The Labute approximate surface area is 174 Å². The lowest BCUT2D eigenvalue weighted by Gasteiger charge is -2.43. The predicted molar refractivity (Wildman–Crippen MR) is 76.4 cm³/mol. The predicted octanol–water partition coefficient (Wildman–Crippen LogP) is 5.16. The second kappa shape index (κ2) is 9.08. The van der Waals surface area contributed by atoms with E-state index >= 15 is 0 Å². The van der Waals surface area contributed by atoms with Crippen molar-refractivity contribution in [1.82, 2.24) is 5.32 Å². The smallest absolute Gasteiger partial charge is 0.323 e. The number of nitrogens with one attached hydrogen (secondary N) is 1. The maximum Gasteiger partial charge on any atom is 0.438 e. The molecule has 0 heterocycles. The average molecular weight is 555 g/mol. The summed E-state index contributed by atoms with van der Waals surface area (Å²) in [4.78, 5) is 0. The van der Waals surface area contributed by atoms with Crippen molar-refractivity contribution in [2.45, 2.75) is 60.1 Å². The van der Waals surface area contributed by atoms with Crippen LogP contribution in [-0.4, -0.2) is 73.8 Å². The third kappa shape index (κ3) is 4.67. The maximum absolute atomic E-state index is 13.3. The lowest BCUT2D eigenvalue weighted by atomic mass is 9.88. The van der Waals surface area contributed by atoms with E-state index in [1.165, 1.54) is 0 Å². The summed E-state index contributed by atoms with van der Waals surface area (Å²) in [6.45, 7) is -0.101. The van der Waals surface area contributed by atoms with Crippen molar-refractivity contribution in [3.8, 4) is 0 Å². The van der Waals surface area contributed by atoms with Crippen LogP contribution in [-0.2, 0) is 10.1 Å². The SMILES string of the molecule is CCC(F)(F)C(F)(F)C(F)(F)C(F)(F)C(F)(F)C(F)(F)C(F)(F)C(F)(F)S(=O)(=O)O.CNC. The lowest BCUT2D eigenvalue weighted by Crippen LogP contribution is -2.75. The van der Waals surface area contributed by atoms with Crippen molar-refractivity contribution >= 4 is 10.1 Å². The summed E-state index contributed by atoms with van der Waals surface area (Å²) >= 11 is 0. The molecule has 0 fully saturated rings. The van der Waals surface area contributed by atoms with Crippen LogP contribution in [0.4, 0.5) is 70.2 Å². The number of rotatable bonds is 9. The van der Waals surface area contributed by atoms with Gasteiger partial charge >= 0.3 is 56.8 Å². The van der Waals surface area contributed by atoms with Gasteiger partial charge in [0.25, 0.3) is 0 Å². The first-order chi connectivity index (χ1) is 14.0. The molecule has 21 heteroatoms.